The number of rotatable bonds is 6. The molecule has 0 radical (unpaired) electrons. The maximum atomic E-state index is 9.37. The topological polar surface area (TPSA) is 43.6 Å². The van der Waals surface area contributed by atoms with E-state index in [1.165, 1.54) is 4.57 Å². The van der Waals surface area contributed by atoms with Gasteiger partial charge in [0.1, 0.15) is 0 Å². The minimum Gasteiger partial charge on any atom is -0.309 e. The molecule has 0 saturated heterocycles. The summed E-state index contributed by atoms with van der Waals surface area (Å²) in [4.78, 5) is 14.4. The molecular formula is C45H30N4. The zero-order valence-corrected chi connectivity index (χ0v) is 25.7. The zero-order chi connectivity index (χ0) is 43.0. The van der Waals surface area contributed by atoms with Crippen LogP contribution in [0.15, 0.2) is 182 Å². The second-order valence-corrected chi connectivity index (χ2v) is 11.2. The average Bonchev–Trinajstić information content (AvgIpc) is 3.66. The molecule has 0 fully saturated rings. The van der Waals surface area contributed by atoms with Crippen LogP contribution in [0.3, 0.4) is 0 Å². The summed E-state index contributed by atoms with van der Waals surface area (Å²) in [6, 6.07) is 27.1. The number of hydrogen-bond acceptors (Lipinski definition) is 3. The highest BCUT2D eigenvalue weighted by Crippen LogP contribution is 2.35. The van der Waals surface area contributed by atoms with Crippen LogP contribution in [0, 0.1) is 0 Å². The van der Waals surface area contributed by atoms with E-state index in [4.69, 9.17) is 28.7 Å². The van der Waals surface area contributed by atoms with Crippen LogP contribution < -0.4 is 0 Å². The van der Waals surface area contributed by atoms with Gasteiger partial charge in [0, 0.05) is 33.2 Å². The molecular weight excluding hydrogens is 597 g/mol. The van der Waals surface area contributed by atoms with E-state index in [0.717, 1.165) is 27.8 Å². The van der Waals surface area contributed by atoms with Crippen molar-refractivity contribution >= 4 is 21.8 Å². The second kappa shape index (κ2) is 12.2. The van der Waals surface area contributed by atoms with Crippen molar-refractivity contribution in [3.63, 3.8) is 0 Å². The fraction of sp³-hybridized carbons (Fsp3) is 0. The minimum atomic E-state index is -0.680. The van der Waals surface area contributed by atoms with Gasteiger partial charge in [-0.3, -0.25) is 0 Å². The van der Waals surface area contributed by atoms with Crippen LogP contribution in [0.1, 0.15) is 16.4 Å². The third kappa shape index (κ3) is 5.35. The van der Waals surface area contributed by atoms with E-state index in [9.17, 15) is 2.74 Å². The van der Waals surface area contributed by atoms with Crippen LogP contribution in [-0.2, 0) is 0 Å². The van der Waals surface area contributed by atoms with Crippen LogP contribution in [0.25, 0.3) is 83.9 Å². The van der Waals surface area contributed by atoms with E-state index in [1.807, 2.05) is 97.1 Å². The molecule has 0 N–H and O–H groups in total. The van der Waals surface area contributed by atoms with E-state index in [0.29, 0.717) is 23.2 Å². The molecule has 0 atom stereocenters. The predicted octanol–water partition coefficient (Wildman–Crippen LogP) is 11.3. The number of para-hydroxylation sites is 1. The van der Waals surface area contributed by atoms with Crippen LogP contribution >= 0.6 is 0 Å². The summed E-state index contributed by atoms with van der Waals surface area (Å²) in [7, 11) is 0. The smallest absolute Gasteiger partial charge is 0.164 e. The number of nitrogens with zero attached hydrogens (tertiary/aromatic N) is 4. The fourth-order valence-electron chi connectivity index (χ4n) is 5.83. The van der Waals surface area contributed by atoms with Gasteiger partial charge in [0.15, 0.2) is 17.5 Å². The highest BCUT2D eigenvalue weighted by Gasteiger charge is 2.15. The number of fused-ring (bicyclic) bond motifs is 3. The van der Waals surface area contributed by atoms with Crippen LogP contribution in [-0.4, -0.2) is 19.5 Å². The third-order valence-corrected chi connectivity index (χ3v) is 8.21. The Morgan fingerprint density at radius 1 is 0.367 bits per heavy atom. The van der Waals surface area contributed by atoms with Gasteiger partial charge < -0.3 is 4.57 Å². The first kappa shape index (κ1) is 18.6. The van der Waals surface area contributed by atoms with E-state index < -0.39 is 83.6 Å². The zero-order valence-electron chi connectivity index (χ0n) is 37.7. The SMILES string of the molecule is [2H]c1c([2H])c([2H])c(-c2c([2H])c([2H])c3c(c2[2H])c2c([2H])c([2H])c([2H])c([2H])c2n3-c2ccc(-c3ccc(-c4nc(-c5ccccc5)nc(-c5ccccc5)n4)cc3)cc2)c([2H])c1[2H]. The Kier molecular flexibility index (Phi) is 4.63. The van der Waals surface area contributed by atoms with Crippen molar-refractivity contribution in [3.05, 3.63) is 182 Å². The lowest BCUT2D eigenvalue weighted by Crippen LogP contribution is -2.00. The molecule has 7 aromatic carbocycles. The first-order valence-electron chi connectivity index (χ1n) is 21.5. The van der Waals surface area contributed by atoms with Crippen LogP contribution in [0.5, 0.6) is 0 Å². The Labute approximate surface area is 301 Å². The van der Waals surface area contributed by atoms with Gasteiger partial charge in [-0.2, -0.15) is 0 Å². The van der Waals surface area contributed by atoms with Crippen molar-refractivity contribution in [1.29, 1.82) is 0 Å². The summed E-state index contributed by atoms with van der Waals surface area (Å²) >= 11 is 0. The molecule has 230 valence electrons. The average molecular weight is 639 g/mol. The van der Waals surface area contributed by atoms with Crippen molar-refractivity contribution in [2.75, 3.05) is 0 Å². The van der Waals surface area contributed by atoms with E-state index >= 15 is 0 Å². The van der Waals surface area contributed by atoms with Crippen molar-refractivity contribution in [3.8, 4) is 62.1 Å². The van der Waals surface area contributed by atoms with Gasteiger partial charge in [-0.25, -0.2) is 15.0 Å². The summed E-state index contributed by atoms with van der Waals surface area (Å²) in [6.07, 6.45) is 0. The monoisotopic (exact) mass is 638 g/mol. The Bertz CT molecular complexity index is 3160. The quantitative estimate of drug-likeness (QED) is 0.182. The van der Waals surface area contributed by atoms with E-state index in [-0.39, 0.29) is 21.8 Å². The number of hydrogen-bond donors (Lipinski definition) is 0. The first-order valence-corrected chi connectivity index (χ1v) is 15.5. The normalized spacial score (nSPS) is 14.7. The molecule has 2 aromatic heterocycles. The van der Waals surface area contributed by atoms with E-state index in [1.54, 1.807) is 12.1 Å². The molecule has 0 amide bonds. The molecule has 0 unspecified atom stereocenters. The van der Waals surface area contributed by atoms with Gasteiger partial charge in [0.25, 0.3) is 0 Å². The standard InChI is InChI=1S/C45H30N4/c1-4-12-31(13-5-1)37-26-29-42-40(30-37)39-18-10-11-19-41(39)49(42)38-27-24-33(25-28-38)32-20-22-36(23-21-32)45-47-43(34-14-6-2-7-15-34)46-44(48-45)35-16-8-3-9-17-35/h1-30H/i1D,4D,5D,10D,11D,12D,13D,18D,19D,26D,29D,30D. The van der Waals surface area contributed by atoms with Gasteiger partial charge in [-0.05, 0) is 52.5 Å². The van der Waals surface area contributed by atoms with Gasteiger partial charge >= 0.3 is 0 Å². The molecule has 4 heteroatoms. The minimum absolute atomic E-state index is 0.0418. The Morgan fingerprint density at radius 2 is 0.857 bits per heavy atom. The molecule has 0 spiro atoms. The van der Waals surface area contributed by atoms with Crippen molar-refractivity contribution in [1.82, 2.24) is 19.5 Å². The molecule has 2 heterocycles. The molecule has 0 aliphatic rings. The second-order valence-electron chi connectivity index (χ2n) is 11.2. The fourth-order valence-corrected chi connectivity index (χ4v) is 5.83. The molecule has 0 aliphatic heterocycles. The lowest BCUT2D eigenvalue weighted by molar-refractivity contribution is 1.07. The van der Waals surface area contributed by atoms with Crippen LogP contribution in [0.4, 0.5) is 0 Å². The van der Waals surface area contributed by atoms with Gasteiger partial charge in [0.05, 0.1) is 27.5 Å². The summed E-state index contributed by atoms with van der Waals surface area (Å²) in [5.41, 5.74) is 3.51. The van der Waals surface area contributed by atoms with Crippen LogP contribution in [0.2, 0.25) is 0 Å². The molecule has 49 heavy (non-hydrogen) atoms. The Balaban J connectivity index is 1.17. The highest BCUT2D eigenvalue weighted by molar-refractivity contribution is 6.10. The predicted molar refractivity (Wildman–Crippen MR) is 201 cm³/mol. The molecule has 9 aromatic rings. The van der Waals surface area contributed by atoms with Gasteiger partial charge in [0.2, 0.25) is 0 Å². The Hall–Kier alpha value is -6.65. The van der Waals surface area contributed by atoms with Gasteiger partial charge in [-0.15, -0.1) is 0 Å². The van der Waals surface area contributed by atoms with Crippen molar-refractivity contribution < 1.29 is 16.4 Å². The van der Waals surface area contributed by atoms with Crippen molar-refractivity contribution in [2.45, 2.75) is 0 Å². The Morgan fingerprint density at radius 3 is 1.47 bits per heavy atom. The molecule has 0 aliphatic carbocycles. The summed E-state index contributed by atoms with van der Waals surface area (Å²) in [5.74, 6) is 1.57. The molecule has 9 rings (SSSR count). The van der Waals surface area contributed by atoms with Gasteiger partial charge in [-0.1, -0.05) is 151 Å². The largest absolute Gasteiger partial charge is 0.309 e. The van der Waals surface area contributed by atoms with Crippen molar-refractivity contribution in [2.24, 2.45) is 0 Å². The summed E-state index contributed by atoms with van der Waals surface area (Å²) in [5, 5.41) is -0.217. The van der Waals surface area contributed by atoms with E-state index in [2.05, 4.69) is 0 Å². The molecule has 4 nitrogen and oxygen atoms in total. The lowest BCUT2D eigenvalue weighted by Gasteiger charge is -2.11. The maximum Gasteiger partial charge on any atom is 0.164 e. The summed E-state index contributed by atoms with van der Waals surface area (Å²) < 4.78 is 106. The first-order chi connectivity index (χ1) is 29.3. The highest BCUT2D eigenvalue weighted by atomic mass is 15.0. The lowest BCUT2D eigenvalue weighted by atomic mass is 10.0. The number of benzene rings is 7. The molecule has 0 bridgehead atoms. The number of aromatic nitrogens is 4. The summed E-state index contributed by atoms with van der Waals surface area (Å²) in [6.45, 7) is 0. The third-order valence-electron chi connectivity index (χ3n) is 8.21. The maximum absolute atomic E-state index is 9.37. The molecule has 0 saturated carbocycles.